The number of carbonyl (C=O) groups is 1. The van der Waals surface area contributed by atoms with Gasteiger partial charge < -0.3 is 5.32 Å². The molecule has 2 aromatic carbocycles. The fourth-order valence-electron chi connectivity index (χ4n) is 2.76. The third kappa shape index (κ3) is 2.99. The first-order chi connectivity index (χ1) is 12.2. The second kappa shape index (κ2) is 6.20. The van der Waals surface area contributed by atoms with Crippen LogP contribution in [0.1, 0.15) is 10.5 Å². The van der Waals surface area contributed by atoms with Crippen LogP contribution >= 0.6 is 0 Å². The van der Waals surface area contributed by atoms with Gasteiger partial charge in [0.15, 0.2) is 0 Å². The zero-order valence-electron chi connectivity index (χ0n) is 13.7. The van der Waals surface area contributed by atoms with E-state index >= 15 is 0 Å². The number of fused-ring (bicyclic) bond motifs is 1. The SMILES string of the molecule is Cn1nccc1C(=O)Nc1ccc2nc(-c3ccccc3)ccc2c1. The second-order valence-corrected chi connectivity index (χ2v) is 5.76. The molecule has 5 nitrogen and oxygen atoms in total. The molecular weight excluding hydrogens is 312 g/mol. The maximum atomic E-state index is 12.3. The van der Waals surface area contributed by atoms with E-state index in [2.05, 4.69) is 10.4 Å². The van der Waals surface area contributed by atoms with Crippen LogP contribution in [0.15, 0.2) is 72.9 Å². The van der Waals surface area contributed by atoms with E-state index in [0.717, 1.165) is 27.8 Å². The van der Waals surface area contributed by atoms with E-state index in [0.29, 0.717) is 5.69 Å². The van der Waals surface area contributed by atoms with E-state index in [-0.39, 0.29) is 5.91 Å². The molecule has 0 bridgehead atoms. The fourth-order valence-corrected chi connectivity index (χ4v) is 2.76. The van der Waals surface area contributed by atoms with Gasteiger partial charge in [-0.25, -0.2) is 4.98 Å². The zero-order valence-corrected chi connectivity index (χ0v) is 13.7. The summed E-state index contributed by atoms with van der Waals surface area (Å²) in [6.45, 7) is 0. The van der Waals surface area contributed by atoms with Gasteiger partial charge in [-0.1, -0.05) is 36.4 Å². The van der Waals surface area contributed by atoms with E-state index in [9.17, 15) is 4.79 Å². The van der Waals surface area contributed by atoms with E-state index in [1.807, 2.05) is 60.7 Å². The van der Waals surface area contributed by atoms with Crippen molar-refractivity contribution < 1.29 is 4.79 Å². The third-order valence-electron chi connectivity index (χ3n) is 4.07. The molecule has 0 radical (unpaired) electrons. The van der Waals surface area contributed by atoms with E-state index in [1.165, 1.54) is 0 Å². The summed E-state index contributed by atoms with van der Waals surface area (Å²) in [5.74, 6) is -0.187. The molecule has 2 heterocycles. The Hall–Kier alpha value is -3.47. The van der Waals surface area contributed by atoms with Gasteiger partial charge in [-0.15, -0.1) is 0 Å². The van der Waals surface area contributed by atoms with Gasteiger partial charge in [-0.3, -0.25) is 9.48 Å². The van der Waals surface area contributed by atoms with Gasteiger partial charge >= 0.3 is 0 Å². The number of hydrogen-bond acceptors (Lipinski definition) is 3. The highest BCUT2D eigenvalue weighted by molar-refractivity contribution is 6.04. The maximum absolute atomic E-state index is 12.3. The molecule has 0 atom stereocenters. The lowest BCUT2D eigenvalue weighted by Crippen LogP contribution is -2.16. The molecule has 1 amide bonds. The molecule has 2 aromatic heterocycles. The van der Waals surface area contributed by atoms with Gasteiger partial charge in [0.25, 0.3) is 5.91 Å². The molecule has 0 saturated carbocycles. The Balaban J connectivity index is 1.63. The first kappa shape index (κ1) is 15.1. The van der Waals surface area contributed by atoms with Crippen LogP contribution in [-0.4, -0.2) is 20.7 Å². The molecule has 0 saturated heterocycles. The van der Waals surface area contributed by atoms with Gasteiger partial charge in [-0.2, -0.15) is 5.10 Å². The molecule has 25 heavy (non-hydrogen) atoms. The lowest BCUT2D eigenvalue weighted by molar-refractivity contribution is 0.101. The molecule has 5 heteroatoms. The Bertz CT molecular complexity index is 1050. The van der Waals surface area contributed by atoms with Gasteiger partial charge in [0, 0.05) is 29.9 Å². The molecule has 4 aromatic rings. The predicted octanol–water partition coefficient (Wildman–Crippen LogP) is 3.89. The first-order valence-electron chi connectivity index (χ1n) is 7.96. The number of nitrogens with one attached hydrogen (secondary N) is 1. The molecule has 0 aliphatic carbocycles. The maximum Gasteiger partial charge on any atom is 0.273 e. The van der Waals surface area contributed by atoms with E-state index < -0.39 is 0 Å². The predicted molar refractivity (Wildman–Crippen MR) is 98.3 cm³/mol. The van der Waals surface area contributed by atoms with Crippen LogP contribution in [0, 0.1) is 0 Å². The number of carbonyl (C=O) groups excluding carboxylic acids is 1. The van der Waals surface area contributed by atoms with Crippen molar-refractivity contribution in [3.63, 3.8) is 0 Å². The molecule has 122 valence electrons. The Kier molecular flexibility index (Phi) is 3.74. The largest absolute Gasteiger partial charge is 0.321 e. The van der Waals surface area contributed by atoms with Crippen molar-refractivity contribution in [1.29, 1.82) is 0 Å². The van der Waals surface area contributed by atoms with Crippen LogP contribution in [0.5, 0.6) is 0 Å². The standard InChI is InChI=1S/C20H16N4O/c1-24-19(11-12-21-24)20(25)22-16-8-10-18-15(13-16)7-9-17(23-18)14-5-3-2-4-6-14/h2-13H,1H3,(H,22,25). The molecule has 0 aliphatic rings. The number of amides is 1. The summed E-state index contributed by atoms with van der Waals surface area (Å²) in [6, 6.07) is 21.5. The summed E-state index contributed by atoms with van der Waals surface area (Å²) in [5.41, 5.74) is 4.14. The summed E-state index contributed by atoms with van der Waals surface area (Å²) >= 11 is 0. The number of rotatable bonds is 3. The molecule has 0 spiro atoms. The highest BCUT2D eigenvalue weighted by atomic mass is 16.2. The van der Waals surface area contributed by atoms with Crippen molar-refractivity contribution in [3.05, 3.63) is 78.6 Å². The van der Waals surface area contributed by atoms with Crippen molar-refractivity contribution in [1.82, 2.24) is 14.8 Å². The molecular formula is C20H16N4O. The second-order valence-electron chi connectivity index (χ2n) is 5.76. The summed E-state index contributed by atoms with van der Waals surface area (Å²) in [7, 11) is 1.74. The van der Waals surface area contributed by atoms with Crippen molar-refractivity contribution in [2.24, 2.45) is 7.05 Å². The van der Waals surface area contributed by atoms with Crippen LogP contribution in [0.25, 0.3) is 22.2 Å². The summed E-state index contributed by atoms with van der Waals surface area (Å²) in [4.78, 5) is 17.0. The number of hydrogen-bond donors (Lipinski definition) is 1. The molecule has 1 N–H and O–H groups in total. The average molecular weight is 328 g/mol. The first-order valence-corrected chi connectivity index (χ1v) is 7.96. The van der Waals surface area contributed by atoms with E-state index in [1.54, 1.807) is 24.0 Å². The lowest BCUT2D eigenvalue weighted by atomic mass is 10.1. The lowest BCUT2D eigenvalue weighted by Gasteiger charge is -2.08. The number of pyridine rings is 1. The molecule has 0 unspecified atom stereocenters. The smallest absolute Gasteiger partial charge is 0.273 e. The minimum atomic E-state index is -0.187. The Morgan fingerprint density at radius 2 is 1.84 bits per heavy atom. The third-order valence-corrected chi connectivity index (χ3v) is 4.07. The minimum Gasteiger partial charge on any atom is -0.321 e. The summed E-state index contributed by atoms with van der Waals surface area (Å²) < 4.78 is 1.55. The number of aryl methyl sites for hydroxylation is 1. The van der Waals surface area contributed by atoms with Crippen molar-refractivity contribution in [2.45, 2.75) is 0 Å². The number of nitrogens with zero attached hydrogens (tertiary/aromatic N) is 3. The van der Waals surface area contributed by atoms with Crippen LogP contribution in [0.4, 0.5) is 5.69 Å². The number of aromatic nitrogens is 3. The van der Waals surface area contributed by atoms with Crippen LogP contribution in [0.2, 0.25) is 0 Å². The van der Waals surface area contributed by atoms with Crippen LogP contribution in [0.3, 0.4) is 0 Å². The van der Waals surface area contributed by atoms with Crippen molar-refractivity contribution >= 4 is 22.5 Å². The fraction of sp³-hybridized carbons (Fsp3) is 0.0500. The minimum absolute atomic E-state index is 0.187. The monoisotopic (exact) mass is 328 g/mol. The molecule has 0 fully saturated rings. The quantitative estimate of drug-likeness (QED) is 0.621. The van der Waals surface area contributed by atoms with Crippen molar-refractivity contribution in [2.75, 3.05) is 5.32 Å². The van der Waals surface area contributed by atoms with Gasteiger partial charge in [0.05, 0.1) is 11.2 Å². The topological polar surface area (TPSA) is 59.8 Å². The van der Waals surface area contributed by atoms with Gasteiger partial charge in [0.2, 0.25) is 0 Å². The number of benzene rings is 2. The van der Waals surface area contributed by atoms with Crippen molar-refractivity contribution in [3.8, 4) is 11.3 Å². The van der Waals surface area contributed by atoms with Crippen LogP contribution < -0.4 is 5.32 Å². The average Bonchev–Trinajstić information content (AvgIpc) is 3.08. The summed E-state index contributed by atoms with van der Waals surface area (Å²) in [5, 5.41) is 7.88. The molecule has 4 rings (SSSR count). The highest BCUT2D eigenvalue weighted by Crippen LogP contribution is 2.23. The summed E-state index contributed by atoms with van der Waals surface area (Å²) in [6.07, 6.45) is 1.60. The number of anilines is 1. The Labute approximate surface area is 144 Å². The van der Waals surface area contributed by atoms with E-state index in [4.69, 9.17) is 4.98 Å². The van der Waals surface area contributed by atoms with Gasteiger partial charge in [-0.05, 0) is 30.3 Å². The van der Waals surface area contributed by atoms with Gasteiger partial charge in [0.1, 0.15) is 5.69 Å². The Morgan fingerprint density at radius 1 is 1.00 bits per heavy atom. The zero-order chi connectivity index (χ0) is 17.2. The highest BCUT2D eigenvalue weighted by Gasteiger charge is 2.10. The normalized spacial score (nSPS) is 10.8. The van der Waals surface area contributed by atoms with Crippen LogP contribution in [-0.2, 0) is 7.05 Å². The molecule has 0 aliphatic heterocycles. The Morgan fingerprint density at radius 3 is 2.60 bits per heavy atom.